The number of carboxylic acids is 1. The lowest BCUT2D eigenvalue weighted by Gasteiger charge is -2.39. The Morgan fingerprint density at radius 2 is 1.84 bits per heavy atom. The van der Waals surface area contributed by atoms with E-state index in [1.54, 1.807) is 13.8 Å². The molecule has 1 heterocycles. The molecule has 5 nitrogen and oxygen atoms in total. The molecule has 19 heavy (non-hydrogen) atoms. The van der Waals surface area contributed by atoms with E-state index in [1.807, 2.05) is 19.9 Å². The highest BCUT2D eigenvalue weighted by atomic mass is 16.4. The van der Waals surface area contributed by atoms with Crippen molar-refractivity contribution >= 4 is 11.8 Å². The average Bonchev–Trinajstić information content (AvgIpc) is 2.28. The molecule has 0 bridgehead atoms. The quantitative estimate of drug-likeness (QED) is 0.856. The molecule has 5 heteroatoms. The van der Waals surface area contributed by atoms with Crippen molar-refractivity contribution < 1.29 is 9.90 Å². The maximum absolute atomic E-state index is 11.4. The SMILES string of the molecule is CC(C)c1cc(NC(C)(C)C(C)(C)C(=O)O)ncn1. The Morgan fingerprint density at radius 1 is 1.26 bits per heavy atom. The van der Waals surface area contributed by atoms with Gasteiger partial charge in [0.2, 0.25) is 0 Å². The van der Waals surface area contributed by atoms with Crippen molar-refractivity contribution in [2.24, 2.45) is 5.41 Å². The number of aromatic nitrogens is 2. The topological polar surface area (TPSA) is 75.1 Å². The van der Waals surface area contributed by atoms with Gasteiger partial charge in [-0.05, 0) is 33.6 Å². The number of anilines is 1. The van der Waals surface area contributed by atoms with E-state index in [0.29, 0.717) is 11.7 Å². The van der Waals surface area contributed by atoms with Crippen molar-refractivity contribution in [3.63, 3.8) is 0 Å². The third kappa shape index (κ3) is 3.22. The van der Waals surface area contributed by atoms with Gasteiger partial charge in [-0.3, -0.25) is 4.79 Å². The van der Waals surface area contributed by atoms with Crippen LogP contribution in [0, 0.1) is 5.41 Å². The minimum absolute atomic E-state index is 0.305. The van der Waals surface area contributed by atoms with Gasteiger partial charge >= 0.3 is 5.97 Å². The second kappa shape index (κ2) is 5.15. The van der Waals surface area contributed by atoms with Gasteiger partial charge in [-0.25, -0.2) is 9.97 Å². The van der Waals surface area contributed by atoms with Crippen LogP contribution in [0.1, 0.15) is 53.2 Å². The minimum Gasteiger partial charge on any atom is -0.481 e. The van der Waals surface area contributed by atoms with Crippen LogP contribution < -0.4 is 5.32 Å². The molecule has 0 atom stereocenters. The molecule has 0 saturated heterocycles. The number of nitrogens with one attached hydrogen (secondary N) is 1. The first-order chi connectivity index (χ1) is 8.58. The maximum Gasteiger partial charge on any atom is 0.311 e. The van der Waals surface area contributed by atoms with Crippen LogP contribution in [0.15, 0.2) is 12.4 Å². The molecule has 0 aliphatic rings. The normalized spacial score (nSPS) is 12.6. The summed E-state index contributed by atoms with van der Waals surface area (Å²) in [6.07, 6.45) is 1.50. The smallest absolute Gasteiger partial charge is 0.311 e. The lowest BCUT2D eigenvalue weighted by Crippen LogP contribution is -2.50. The second-order valence-electron chi connectivity index (χ2n) is 6.16. The number of hydrogen-bond donors (Lipinski definition) is 2. The van der Waals surface area contributed by atoms with Gasteiger partial charge in [0.25, 0.3) is 0 Å². The molecular formula is C14H23N3O2. The van der Waals surface area contributed by atoms with Crippen molar-refractivity contribution in [1.29, 1.82) is 0 Å². The molecule has 0 aliphatic carbocycles. The zero-order valence-corrected chi connectivity index (χ0v) is 12.5. The summed E-state index contributed by atoms with van der Waals surface area (Å²) in [5.74, 6) is 0.111. The lowest BCUT2D eigenvalue weighted by atomic mass is 9.74. The molecule has 2 N–H and O–H groups in total. The average molecular weight is 265 g/mol. The van der Waals surface area contributed by atoms with E-state index in [1.165, 1.54) is 6.33 Å². The van der Waals surface area contributed by atoms with E-state index in [9.17, 15) is 9.90 Å². The molecule has 0 saturated carbocycles. The zero-order valence-electron chi connectivity index (χ0n) is 12.5. The second-order valence-corrected chi connectivity index (χ2v) is 6.16. The fourth-order valence-corrected chi connectivity index (χ4v) is 1.50. The molecule has 1 aromatic heterocycles. The van der Waals surface area contributed by atoms with Crippen LogP contribution in [-0.2, 0) is 4.79 Å². The molecule has 0 aliphatic heterocycles. The summed E-state index contributed by atoms with van der Waals surface area (Å²) >= 11 is 0. The van der Waals surface area contributed by atoms with E-state index in [2.05, 4.69) is 29.1 Å². The van der Waals surface area contributed by atoms with E-state index in [-0.39, 0.29) is 0 Å². The minimum atomic E-state index is -0.921. The molecule has 0 spiro atoms. The monoisotopic (exact) mass is 265 g/mol. The molecule has 0 amide bonds. The highest BCUT2D eigenvalue weighted by molar-refractivity contribution is 5.76. The van der Waals surface area contributed by atoms with E-state index < -0.39 is 16.9 Å². The van der Waals surface area contributed by atoms with E-state index >= 15 is 0 Å². The van der Waals surface area contributed by atoms with Crippen molar-refractivity contribution in [2.75, 3.05) is 5.32 Å². The number of rotatable bonds is 5. The van der Waals surface area contributed by atoms with Crippen LogP contribution >= 0.6 is 0 Å². The van der Waals surface area contributed by atoms with Crippen LogP contribution in [0.3, 0.4) is 0 Å². The molecule has 1 rings (SSSR count). The van der Waals surface area contributed by atoms with Gasteiger partial charge in [-0.1, -0.05) is 13.8 Å². The summed E-state index contributed by atoms with van der Waals surface area (Å²) in [5, 5.41) is 12.5. The van der Waals surface area contributed by atoms with Crippen LogP contribution in [-0.4, -0.2) is 26.6 Å². The number of aliphatic carboxylic acids is 1. The first-order valence-corrected chi connectivity index (χ1v) is 6.41. The number of nitrogens with zero attached hydrogens (tertiary/aromatic N) is 2. The standard InChI is InChI=1S/C14H23N3O2/c1-9(2)10-7-11(16-8-15-10)17-14(5,6)13(3,4)12(18)19/h7-9H,1-6H3,(H,18,19)(H,15,16,17). The molecule has 0 unspecified atom stereocenters. The first-order valence-electron chi connectivity index (χ1n) is 6.41. The molecular weight excluding hydrogens is 242 g/mol. The predicted octanol–water partition coefficient (Wildman–Crippen LogP) is 2.90. The number of hydrogen-bond acceptors (Lipinski definition) is 4. The van der Waals surface area contributed by atoms with Gasteiger partial charge in [0.05, 0.1) is 5.41 Å². The summed E-state index contributed by atoms with van der Waals surface area (Å²) in [4.78, 5) is 19.7. The van der Waals surface area contributed by atoms with Crippen LogP contribution in [0.2, 0.25) is 0 Å². The summed E-state index contributed by atoms with van der Waals surface area (Å²) in [5.41, 5.74) is -0.626. The summed E-state index contributed by atoms with van der Waals surface area (Å²) in [6.45, 7) is 11.2. The van der Waals surface area contributed by atoms with Crippen LogP contribution in [0.25, 0.3) is 0 Å². The summed E-state index contributed by atoms with van der Waals surface area (Å²) < 4.78 is 0. The molecule has 106 valence electrons. The van der Waals surface area contributed by atoms with E-state index in [0.717, 1.165) is 5.69 Å². The molecule has 0 radical (unpaired) electrons. The van der Waals surface area contributed by atoms with E-state index in [4.69, 9.17) is 0 Å². The highest BCUT2D eigenvalue weighted by Gasteiger charge is 2.43. The third-order valence-corrected chi connectivity index (χ3v) is 3.82. The fraction of sp³-hybridized carbons (Fsp3) is 0.643. The van der Waals surface area contributed by atoms with Crippen molar-refractivity contribution in [1.82, 2.24) is 9.97 Å². The Balaban J connectivity index is 3.01. The number of carbonyl (C=O) groups is 1. The molecule has 0 fully saturated rings. The van der Waals surface area contributed by atoms with Crippen LogP contribution in [0.5, 0.6) is 0 Å². The summed E-state index contributed by atoms with van der Waals surface area (Å²) in [6, 6.07) is 1.87. The molecule has 0 aromatic carbocycles. The van der Waals surface area contributed by atoms with Gasteiger partial charge < -0.3 is 10.4 Å². The largest absolute Gasteiger partial charge is 0.481 e. The van der Waals surface area contributed by atoms with Gasteiger partial charge in [0.15, 0.2) is 0 Å². The maximum atomic E-state index is 11.4. The number of carboxylic acid groups (broad SMARTS) is 1. The van der Waals surface area contributed by atoms with Crippen LogP contribution in [0.4, 0.5) is 5.82 Å². The first kappa shape index (κ1) is 15.4. The third-order valence-electron chi connectivity index (χ3n) is 3.82. The van der Waals surface area contributed by atoms with Gasteiger partial charge in [-0.2, -0.15) is 0 Å². The van der Waals surface area contributed by atoms with Gasteiger partial charge in [0.1, 0.15) is 12.1 Å². The van der Waals surface area contributed by atoms with Crippen molar-refractivity contribution in [3.8, 4) is 0 Å². The Labute approximate surface area is 114 Å². The Kier molecular flexibility index (Phi) is 4.18. The highest BCUT2D eigenvalue weighted by Crippen LogP contribution is 2.33. The summed E-state index contributed by atoms with van der Waals surface area (Å²) in [7, 11) is 0. The van der Waals surface area contributed by atoms with Gasteiger partial charge in [0, 0.05) is 17.3 Å². The Bertz CT molecular complexity index is 468. The zero-order chi connectivity index (χ0) is 14.8. The Hall–Kier alpha value is -1.65. The molecule has 1 aromatic rings. The predicted molar refractivity (Wildman–Crippen MR) is 75.2 cm³/mol. The lowest BCUT2D eigenvalue weighted by molar-refractivity contribution is -0.149. The van der Waals surface area contributed by atoms with Crippen molar-refractivity contribution in [3.05, 3.63) is 18.1 Å². The van der Waals surface area contributed by atoms with Crippen molar-refractivity contribution in [2.45, 2.75) is 53.0 Å². The van der Waals surface area contributed by atoms with Gasteiger partial charge in [-0.15, -0.1) is 0 Å². The fourth-order valence-electron chi connectivity index (χ4n) is 1.50. The Morgan fingerprint density at radius 3 is 2.32 bits per heavy atom.